The molecule has 1 aromatic heterocycles. The van der Waals surface area contributed by atoms with Crippen LogP contribution in [-0.4, -0.2) is 15.9 Å². The van der Waals surface area contributed by atoms with Crippen LogP contribution in [0.15, 0.2) is 51.7 Å². The van der Waals surface area contributed by atoms with Gasteiger partial charge in [-0.25, -0.2) is 0 Å². The topological polar surface area (TPSA) is 96.7 Å². The molecule has 20 heavy (non-hydrogen) atoms. The molecule has 0 saturated heterocycles. The summed E-state index contributed by atoms with van der Waals surface area (Å²) in [6, 6.07) is 6.66. The molecule has 0 saturated carbocycles. The Hall–Kier alpha value is -2.37. The lowest BCUT2D eigenvalue weighted by molar-refractivity contribution is 0.103. The molecule has 1 aliphatic rings. The molecular weight excluding hydrogens is 258 g/mol. The number of para-hydroxylation sites is 1. The third-order valence-electron chi connectivity index (χ3n) is 3.22. The van der Waals surface area contributed by atoms with E-state index < -0.39 is 16.9 Å². The summed E-state index contributed by atoms with van der Waals surface area (Å²) >= 11 is 0. The highest BCUT2D eigenvalue weighted by Gasteiger charge is 2.26. The Morgan fingerprint density at radius 2 is 2.05 bits per heavy atom. The van der Waals surface area contributed by atoms with Gasteiger partial charge in [-0.05, 0) is 18.2 Å². The monoisotopic (exact) mass is 271 g/mol. The molecule has 0 fully saturated rings. The van der Waals surface area contributed by atoms with E-state index in [1.54, 1.807) is 36.4 Å². The highest BCUT2D eigenvalue weighted by Crippen LogP contribution is 2.32. The maximum absolute atomic E-state index is 12.1. The van der Waals surface area contributed by atoms with Crippen molar-refractivity contribution in [2.24, 2.45) is 5.73 Å². The predicted molar refractivity (Wildman–Crippen MR) is 75.0 cm³/mol. The first-order chi connectivity index (χ1) is 9.48. The third kappa shape index (κ3) is 2.03. The van der Waals surface area contributed by atoms with Crippen LogP contribution < -0.4 is 11.2 Å². The van der Waals surface area contributed by atoms with E-state index in [0.717, 1.165) is 0 Å². The number of allylic oxidation sites excluding steroid dienone is 2. The first-order valence-corrected chi connectivity index (χ1v) is 6.13. The van der Waals surface area contributed by atoms with Crippen molar-refractivity contribution in [1.82, 2.24) is 0 Å². The van der Waals surface area contributed by atoms with E-state index >= 15 is 0 Å². The number of hydrogen-bond donors (Lipinski definition) is 3. The number of benzene rings is 1. The molecule has 2 aromatic rings. The molecule has 102 valence electrons. The first-order valence-electron chi connectivity index (χ1n) is 6.13. The SMILES string of the molecule is NC1(O)C=CC=C(c2oc3ccccc3c(=O)c2O)C1. The van der Waals surface area contributed by atoms with Gasteiger partial charge in [0.1, 0.15) is 11.3 Å². The first kappa shape index (κ1) is 12.7. The van der Waals surface area contributed by atoms with Crippen molar-refractivity contribution in [1.29, 1.82) is 0 Å². The number of aromatic hydroxyl groups is 1. The summed E-state index contributed by atoms with van der Waals surface area (Å²) in [5.41, 5.74) is 4.46. The highest BCUT2D eigenvalue weighted by molar-refractivity contribution is 5.81. The van der Waals surface area contributed by atoms with Gasteiger partial charge < -0.3 is 20.4 Å². The van der Waals surface area contributed by atoms with E-state index in [1.165, 1.54) is 6.08 Å². The van der Waals surface area contributed by atoms with Gasteiger partial charge >= 0.3 is 0 Å². The predicted octanol–water partition coefficient (Wildman–Crippen LogP) is 1.49. The van der Waals surface area contributed by atoms with Crippen LogP contribution in [0.3, 0.4) is 0 Å². The second kappa shape index (κ2) is 4.33. The Bertz CT molecular complexity index is 799. The zero-order chi connectivity index (χ0) is 14.3. The molecule has 0 radical (unpaired) electrons. The summed E-state index contributed by atoms with van der Waals surface area (Å²) in [7, 11) is 0. The van der Waals surface area contributed by atoms with E-state index in [-0.39, 0.29) is 12.2 Å². The summed E-state index contributed by atoms with van der Waals surface area (Å²) in [4.78, 5) is 12.1. The molecule has 1 aromatic carbocycles. The molecule has 1 unspecified atom stereocenters. The molecule has 4 N–H and O–H groups in total. The number of fused-ring (bicyclic) bond motifs is 1. The smallest absolute Gasteiger partial charge is 0.235 e. The second-order valence-corrected chi connectivity index (χ2v) is 4.82. The molecular formula is C15H13NO4. The number of nitrogens with two attached hydrogens (primary N) is 1. The minimum atomic E-state index is -1.51. The average Bonchev–Trinajstić information content (AvgIpc) is 2.42. The number of aliphatic hydroxyl groups is 1. The van der Waals surface area contributed by atoms with E-state index in [9.17, 15) is 15.0 Å². The number of hydrogen-bond acceptors (Lipinski definition) is 5. The lowest BCUT2D eigenvalue weighted by Gasteiger charge is -2.23. The van der Waals surface area contributed by atoms with Crippen molar-refractivity contribution in [3.05, 3.63) is 58.5 Å². The average molecular weight is 271 g/mol. The van der Waals surface area contributed by atoms with E-state index in [4.69, 9.17) is 10.2 Å². The van der Waals surface area contributed by atoms with Gasteiger partial charge in [-0.1, -0.05) is 24.3 Å². The van der Waals surface area contributed by atoms with Crippen molar-refractivity contribution in [3.63, 3.8) is 0 Å². The van der Waals surface area contributed by atoms with Crippen molar-refractivity contribution >= 4 is 16.5 Å². The van der Waals surface area contributed by atoms with Gasteiger partial charge in [0.15, 0.2) is 5.76 Å². The molecule has 0 spiro atoms. The summed E-state index contributed by atoms with van der Waals surface area (Å²) in [6.45, 7) is 0. The van der Waals surface area contributed by atoms with Gasteiger partial charge in [0.2, 0.25) is 11.2 Å². The standard InChI is InChI=1S/C15H13NO4/c16-15(19)7-3-4-9(8-15)14-13(18)12(17)10-5-1-2-6-11(10)20-14/h1-7,18-19H,8,16H2. The molecule has 1 heterocycles. The molecule has 0 bridgehead atoms. The van der Waals surface area contributed by atoms with Crippen LogP contribution in [0.4, 0.5) is 0 Å². The van der Waals surface area contributed by atoms with E-state index in [0.29, 0.717) is 16.5 Å². The van der Waals surface area contributed by atoms with E-state index in [1.807, 2.05) is 0 Å². The molecule has 1 atom stereocenters. The zero-order valence-corrected chi connectivity index (χ0v) is 10.5. The maximum atomic E-state index is 12.1. The van der Waals surface area contributed by atoms with Gasteiger partial charge in [0.05, 0.1) is 5.39 Å². The largest absolute Gasteiger partial charge is 0.502 e. The fraction of sp³-hybridized carbons (Fsp3) is 0.133. The Morgan fingerprint density at radius 1 is 1.30 bits per heavy atom. The van der Waals surface area contributed by atoms with Gasteiger partial charge in [-0.3, -0.25) is 4.79 Å². The summed E-state index contributed by atoms with van der Waals surface area (Å²) < 4.78 is 5.59. The lowest BCUT2D eigenvalue weighted by Crippen LogP contribution is -2.38. The minimum Gasteiger partial charge on any atom is -0.502 e. The Morgan fingerprint density at radius 3 is 2.80 bits per heavy atom. The van der Waals surface area contributed by atoms with Gasteiger partial charge in [0.25, 0.3) is 0 Å². The van der Waals surface area contributed by atoms with Crippen molar-refractivity contribution in [2.75, 3.05) is 0 Å². The summed E-state index contributed by atoms with van der Waals surface area (Å²) in [5, 5.41) is 20.2. The summed E-state index contributed by atoms with van der Waals surface area (Å²) in [6.07, 6.45) is 4.70. The van der Waals surface area contributed by atoms with Crippen molar-refractivity contribution in [2.45, 2.75) is 12.1 Å². The third-order valence-corrected chi connectivity index (χ3v) is 3.22. The fourth-order valence-electron chi connectivity index (χ4n) is 2.26. The summed E-state index contributed by atoms with van der Waals surface area (Å²) in [5.74, 6) is -0.428. The van der Waals surface area contributed by atoms with Crippen LogP contribution in [0.25, 0.3) is 16.5 Å². The van der Waals surface area contributed by atoms with E-state index in [2.05, 4.69) is 0 Å². The lowest BCUT2D eigenvalue weighted by atomic mass is 9.95. The van der Waals surface area contributed by atoms with Crippen LogP contribution in [0.5, 0.6) is 5.75 Å². The minimum absolute atomic E-state index is 0.0434. The zero-order valence-electron chi connectivity index (χ0n) is 10.5. The second-order valence-electron chi connectivity index (χ2n) is 4.82. The normalized spacial score (nSPS) is 22.0. The van der Waals surface area contributed by atoms with Crippen LogP contribution in [-0.2, 0) is 0 Å². The van der Waals surface area contributed by atoms with Gasteiger partial charge in [-0.2, -0.15) is 0 Å². The van der Waals surface area contributed by atoms with Gasteiger partial charge in [0, 0.05) is 12.0 Å². The Kier molecular flexibility index (Phi) is 2.74. The number of rotatable bonds is 1. The molecule has 1 aliphatic carbocycles. The highest BCUT2D eigenvalue weighted by atomic mass is 16.4. The van der Waals surface area contributed by atoms with Crippen molar-refractivity contribution < 1.29 is 14.6 Å². The molecule has 0 amide bonds. The molecule has 5 nitrogen and oxygen atoms in total. The Labute approximate surface area is 114 Å². The Balaban J connectivity index is 2.23. The van der Waals surface area contributed by atoms with Crippen LogP contribution >= 0.6 is 0 Å². The molecule has 3 rings (SSSR count). The van der Waals surface area contributed by atoms with Crippen molar-refractivity contribution in [3.8, 4) is 5.75 Å². The molecule has 5 heteroatoms. The maximum Gasteiger partial charge on any atom is 0.235 e. The quantitative estimate of drug-likeness (QED) is 0.683. The van der Waals surface area contributed by atoms with Crippen LogP contribution in [0.1, 0.15) is 12.2 Å². The fourth-order valence-corrected chi connectivity index (χ4v) is 2.26. The van der Waals surface area contributed by atoms with Crippen LogP contribution in [0, 0.1) is 0 Å². The molecule has 0 aliphatic heterocycles. The van der Waals surface area contributed by atoms with Crippen LogP contribution in [0.2, 0.25) is 0 Å². The van der Waals surface area contributed by atoms with Gasteiger partial charge in [-0.15, -0.1) is 0 Å².